The summed E-state index contributed by atoms with van der Waals surface area (Å²) in [6.45, 7) is 7.42. The van der Waals surface area contributed by atoms with Crippen molar-refractivity contribution < 1.29 is 17.9 Å². The molecule has 2 aliphatic heterocycles. The molecule has 2 aliphatic rings. The first-order chi connectivity index (χ1) is 12.4. The van der Waals surface area contributed by atoms with Gasteiger partial charge in [0.25, 0.3) is 0 Å². The zero-order chi connectivity index (χ0) is 18.3. The maximum Gasteiger partial charge on any atom is 0.416 e. The molecule has 0 N–H and O–H groups in total. The number of rotatable bonds is 2. The molecule has 2 unspecified atom stereocenters. The number of nitrogens with zero attached hydrogens (tertiary/aromatic N) is 3. The van der Waals surface area contributed by atoms with E-state index in [4.69, 9.17) is 4.74 Å². The minimum atomic E-state index is -4.35. The van der Waals surface area contributed by atoms with E-state index >= 15 is 0 Å². The van der Waals surface area contributed by atoms with Gasteiger partial charge in [-0.25, -0.2) is 0 Å². The number of ether oxygens (including phenoxy) is 1. The molecule has 0 aliphatic carbocycles. The molecular formula is C19H22F3N3O. The van der Waals surface area contributed by atoms with Crippen LogP contribution in [-0.2, 0) is 10.9 Å². The predicted octanol–water partition coefficient (Wildman–Crippen LogP) is 3.41. The van der Waals surface area contributed by atoms with E-state index in [2.05, 4.69) is 21.7 Å². The van der Waals surface area contributed by atoms with E-state index in [1.54, 1.807) is 12.3 Å². The number of halogens is 3. The fourth-order valence-corrected chi connectivity index (χ4v) is 4.12. The van der Waals surface area contributed by atoms with Crippen molar-refractivity contribution in [1.82, 2.24) is 9.88 Å². The smallest absolute Gasteiger partial charge is 0.379 e. The van der Waals surface area contributed by atoms with E-state index in [1.807, 2.05) is 6.07 Å². The number of aromatic nitrogens is 1. The van der Waals surface area contributed by atoms with Crippen LogP contribution in [0.25, 0.3) is 10.9 Å². The molecule has 0 radical (unpaired) electrons. The van der Waals surface area contributed by atoms with Crippen LogP contribution in [0.4, 0.5) is 18.9 Å². The lowest BCUT2D eigenvalue weighted by Gasteiger charge is -2.34. The van der Waals surface area contributed by atoms with Crippen molar-refractivity contribution in [3.8, 4) is 0 Å². The van der Waals surface area contributed by atoms with Gasteiger partial charge in [0.1, 0.15) is 0 Å². The van der Waals surface area contributed by atoms with Crippen LogP contribution in [0.3, 0.4) is 0 Å². The van der Waals surface area contributed by atoms with Gasteiger partial charge in [0, 0.05) is 49.5 Å². The molecule has 26 heavy (non-hydrogen) atoms. The highest BCUT2D eigenvalue weighted by Gasteiger charge is 2.35. The molecule has 4 rings (SSSR count). The largest absolute Gasteiger partial charge is 0.416 e. The summed E-state index contributed by atoms with van der Waals surface area (Å²) in [5, 5.41) is 0.773. The fraction of sp³-hybridized carbons (Fsp3) is 0.526. The Labute approximate surface area is 150 Å². The Bertz CT molecular complexity index is 789. The molecule has 4 nitrogen and oxygen atoms in total. The second-order valence-electron chi connectivity index (χ2n) is 7.16. The highest BCUT2D eigenvalue weighted by molar-refractivity contribution is 5.92. The van der Waals surface area contributed by atoms with Crippen molar-refractivity contribution >= 4 is 16.6 Å². The van der Waals surface area contributed by atoms with Crippen molar-refractivity contribution in [3.63, 3.8) is 0 Å². The summed E-state index contributed by atoms with van der Waals surface area (Å²) in [5.74, 6) is 0.491. The second-order valence-corrected chi connectivity index (χ2v) is 7.16. The van der Waals surface area contributed by atoms with Gasteiger partial charge in [-0.15, -0.1) is 0 Å². The van der Waals surface area contributed by atoms with Crippen LogP contribution in [0, 0.1) is 5.92 Å². The summed E-state index contributed by atoms with van der Waals surface area (Å²) in [4.78, 5) is 8.91. The monoisotopic (exact) mass is 365 g/mol. The molecule has 0 spiro atoms. The molecule has 2 saturated heterocycles. The maximum atomic E-state index is 13.0. The molecule has 0 bridgehead atoms. The lowest BCUT2D eigenvalue weighted by atomic mass is 10.0. The van der Waals surface area contributed by atoms with Crippen molar-refractivity contribution in [3.05, 3.63) is 36.0 Å². The summed E-state index contributed by atoms with van der Waals surface area (Å²) >= 11 is 0. The summed E-state index contributed by atoms with van der Waals surface area (Å²) in [6.07, 6.45) is -2.75. The zero-order valence-electron chi connectivity index (χ0n) is 14.7. The molecule has 0 amide bonds. The maximum absolute atomic E-state index is 13.0. The van der Waals surface area contributed by atoms with Gasteiger partial charge in [-0.05, 0) is 24.1 Å². The Morgan fingerprint density at radius 3 is 2.62 bits per heavy atom. The van der Waals surface area contributed by atoms with Gasteiger partial charge in [0.05, 0.1) is 24.3 Å². The minimum absolute atomic E-state index is 0.389. The first-order valence-electron chi connectivity index (χ1n) is 8.96. The Morgan fingerprint density at radius 1 is 1.12 bits per heavy atom. The number of hydrogen-bond donors (Lipinski definition) is 0. The number of fused-ring (bicyclic) bond motifs is 1. The molecule has 3 heterocycles. The van der Waals surface area contributed by atoms with Crippen molar-refractivity contribution in [2.24, 2.45) is 5.92 Å². The molecule has 2 aromatic rings. The van der Waals surface area contributed by atoms with Crippen molar-refractivity contribution in [2.75, 3.05) is 44.3 Å². The van der Waals surface area contributed by atoms with E-state index in [9.17, 15) is 13.2 Å². The van der Waals surface area contributed by atoms with Crippen molar-refractivity contribution in [1.29, 1.82) is 0 Å². The number of morpholine rings is 1. The fourth-order valence-electron chi connectivity index (χ4n) is 4.12. The third-order valence-corrected chi connectivity index (χ3v) is 5.48. The van der Waals surface area contributed by atoms with Crippen LogP contribution in [0.2, 0.25) is 0 Å². The van der Waals surface area contributed by atoms with Gasteiger partial charge in [-0.1, -0.05) is 13.0 Å². The van der Waals surface area contributed by atoms with E-state index < -0.39 is 11.7 Å². The number of alkyl halides is 3. The van der Waals surface area contributed by atoms with Crippen LogP contribution in [0.15, 0.2) is 30.5 Å². The third-order valence-electron chi connectivity index (χ3n) is 5.48. The number of hydrogen-bond acceptors (Lipinski definition) is 4. The topological polar surface area (TPSA) is 28.6 Å². The zero-order valence-corrected chi connectivity index (χ0v) is 14.7. The van der Waals surface area contributed by atoms with Gasteiger partial charge in [0.15, 0.2) is 0 Å². The van der Waals surface area contributed by atoms with E-state index in [0.29, 0.717) is 17.5 Å². The number of anilines is 1. The van der Waals surface area contributed by atoms with E-state index in [0.717, 1.165) is 62.6 Å². The molecule has 0 saturated carbocycles. The molecule has 2 atom stereocenters. The van der Waals surface area contributed by atoms with Crippen LogP contribution in [-0.4, -0.2) is 55.3 Å². The summed E-state index contributed by atoms with van der Waals surface area (Å²) < 4.78 is 44.4. The predicted molar refractivity (Wildman–Crippen MR) is 94.3 cm³/mol. The van der Waals surface area contributed by atoms with Crippen LogP contribution < -0.4 is 4.90 Å². The van der Waals surface area contributed by atoms with Gasteiger partial charge in [0.2, 0.25) is 0 Å². The molecule has 140 valence electrons. The highest BCUT2D eigenvalue weighted by atomic mass is 19.4. The highest BCUT2D eigenvalue weighted by Crippen LogP contribution is 2.35. The molecule has 1 aromatic heterocycles. The number of pyridine rings is 1. The quantitative estimate of drug-likeness (QED) is 0.816. The average Bonchev–Trinajstić information content (AvgIpc) is 3.02. The summed E-state index contributed by atoms with van der Waals surface area (Å²) in [6, 6.07) is 6.18. The molecule has 1 aromatic carbocycles. The molecular weight excluding hydrogens is 343 g/mol. The summed E-state index contributed by atoms with van der Waals surface area (Å²) in [7, 11) is 0. The van der Waals surface area contributed by atoms with Gasteiger partial charge in [-0.2, -0.15) is 13.2 Å². The Morgan fingerprint density at radius 2 is 1.88 bits per heavy atom. The van der Waals surface area contributed by atoms with E-state index in [-0.39, 0.29) is 0 Å². The first-order valence-corrected chi connectivity index (χ1v) is 8.96. The minimum Gasteiger partial charge on any atom is -0.379 e. The lowest BCUT2D eigenvalue weighted by Crippen LogP contribution is -2.46. The van der Waals surface area contributed by atoms with Gasteiger partial charge >= 0.3 is 6.18 Å². The normalized spacial score (nSPS) is 25.2. The Kier molecular flexibility index (Phi) is 4.52. The van der Waals surface area contributed by atoms with E-state index in [1.165, 1.54) is 0 Å². The average molecular weight is 365 g/mol. The Hall–Kier alpha value is -1.86. The van der Waals surface area contributed by atoms with Crippen LogP contribution >= 0.6 is 0 Å². The summed E-state index contributed by atoms with van der Waals surface area (Å²) in [5.41, 5.74) is 0.696. The van der Waals surface area contributed by atoms with Gasteiger partial charge < -0.3 is 9.64 Å². The number of benzene rings is 1. The molecule has 2 fully saturated rings. The SMILES string of the molecule is CC1CN(c2ccnc3cc(C(F)(F)F)ccc23)CC1N1CCOCC1. The van der Waals surface area contributed by atoms with Gasteiger partial charge in [-0.3, -0.25) is 9.88 Å². The second kappa shape index (κ2) is 6.70. The third kappa shape index (κ3) is 3.25. The Balaban J connectivity index is 1.62. The standard InChI is InChI=1S/C19H22F3N3O/c1-13-11-25(12-18(13)24-6-8-26-9-7-24)17-4-5-23-16-10-14(19(20,21)22)2-3-15(16)17/h2-5,10,13,18H,6-9,11-12H2,1H3. The molecule has 7 heteroatoms. The first kappa shape index (κ1) is 17.5. The van der Waals surface area contributed by atoms with Crippen molar-refractivity contribution in [2.45, 2.75) is 19.1 Å². The lowest BCUT2D eigenvalue weighted by molar-refractivity contribution is -0.137. The van der Waals surface area contributed by atoms with Crippen LogP contribution in [0.5, 0.6) is 0 Å². The van der Waals surface area contributed by atoms with Crippen LogP contribution in [0.1, 0.15) is 12.5 Å².